The van der Waals surface area contributed by atoms with Crippen molar-refractivity contribution in [1.82, 2.24) is 4.90 Å². The zero-order valence-electron chi connectivity index (χ0n) is 19.9. The lowest BCUT2D eigenvalue weighted by Gasteiger charge is -2.34. The molecule has 12 nitrogen and oxygen atoms in total. The summed E-state index contributed by atoms with van der Waals surface area (Å²) < 4.78 is 47.8. The first-order valence-electron chi connectivity index (χ1n) is 11.9. The molecule has 0 amide bonds. The van der Waals surface area contributed by atoms with Gasteiger partial charge in [-0.3, -0.25) is 28.8 Å². The van der Waals surface area contributed by atoms with Crippen molar-refractivity contribution < 1.29 is 41.3 Å². The number of nitrogens with zero attached hydrogens (tertiary/aromatic N) is 2. The molecule has 0 radical (unpaired) electrons. The smallest absolute Gasteiger partial charge is 0.320 e. The molecule has 2 saturated carbocycles. The van der Waals surface area contributed by atoms with E-state index in [1.165, 1.54) is 24.3 Å². The van der Waals surface area contributed by atoms with Crippen molar-refractivity contribution in [1.29, 1.82) is 0 Å². The van der Waals surface area contributed by atoms with Crippen LogP contribution >= 0.6 is 0 Å². The fourth-order valence-corrected chi connectivity index (χ4v) is 8.00. The van der Waals surface area contributed by atoms with Gasteiger partial charge < -0.3 is 14.2 Å². The largest absolute Gasteiger partial charge is 0.458 e. The summed E-state index contributed by atoms with van der Waals surface area (Å²) in [5, 5.41) is 9.89. The zero-order valence-corrected chi connectivity index (χ0v) is 20.7. The number of carbonyl (C=O) groups excluding carboxylic acids is 2. The van der Waals surface area contributed by atoms with Gasteiger partial charge in [-0.1, -0.05) is 0 Å². The van der Waals surface area contributed by atoms with E-state index in [2.05, 4.69) is 0 Å². The molecule has 36 heavy (non-hydrogen) atoms. The minimum absolute atomic E-state index is 0.0441. The van der Waals surface area contributed by atoms with Crippen molar-refractivity contribution in [3.63, 3.8) is 0 Å². The lowest BCUT2D eigenvalue weighted by atomic mass is 9.84. The third-order valence-electron chi connectivity index (χ3n) is 7.65. The summed E-state index contributed by atoms with van der Waals surface area (Å²) in [7, 11) is -4.05. The molecule has 2 aliphatic heterocycles. The monoisotopic (exact) mass is 524 g/mol. The lowest BCUT2D eigenvalue weighted by molar-refractivity contribution is -0.384. The number of ether oxygens (including phenoxy) is 3. The Kier molecular flexibility index (Phi) is 6.30. The highest BCUT2D eigenvalue weighted by molar-refractivity contribution is 7.87. The molecule has 196 valence electrons. The topological polar surface area (TPSA) is 152 Å². The van der Waals surface area contributed by atoms with Crippen LogP contribution in [0.1, 0.15) is 25.8 Å². The number of nitro groups is 1. The predicted molar refractivity (Wildman–Crippen MR) is 122 cm³/mol. The van der Waals surface area contributed by atoms with E-state index in [0.717, 1.165) is 0 Å². The van der Waals surface area contributed by atoms with Crippen LogP contribution < -0.4 is 0 Å². The van der Waals surface area contributed by atoms with E-state index in [9.17, 15) is 28.1 Å². The molecule has 6 unspecified atom stereocenters. The van der Waals surface area contributed by atoms with Crippen molar-refractivity contribution in [2.75, 3.05) is 32.8 Å². The molecule has 0 N–H and O–H groups in total. The van der Waals surface area contributed by atoms with Crippen LogP contribution in [0.2, 0.25) is 0 Å². The summed E-state index contributed by atoms with van der Waals surface area (Å²) >= 11 is 0. The van der Waals surface area contributed by atoms with E-state index in [-0.39, 0.29) is 12.2 Å². The van der Waals surface area contributed by atoms with Gasteiger partial charge in [0.15, 0.2) is 0 Å². The molecule has 5 rings (SSSR count). The van der Waals surface area contributed by atoms with Gasteiger partial charge in [0.1, 0.15) is 23.1 Å². The van der Waals surface area contributed by atoms with Gasteiger partial charge in [-0.05, 0) is 38.0 Å². The second-order valence-corrected chi connectivity index (χ2v) is 11.9. The summed E-state index contributed by atoms with van der Waals surface area (Å²) in [5.74, 6) is -3.27. The summed E-state index contributed by atoms with van der Waals surface area (Å²) in [5.41, 5.74) is -0.767. The summed E-state index contributed by atoms with van der Waals surface area (Å²) in [6.45, 7) is 5.52. The quantitative estimate of drug-likeness (QED) is 0.217. The first kappa shape index (κ1) is 25.1. The zero-order chi connectivity index (χ0) is 25.8. The number of non-ortho nitro benzene ring substituents is 1. The maximum Gasteiger partial charge on any atom is 0.320 e. The molecule has 1 aromatic carbocycles. The van der Waals surface area contributed by atoms with E-state index >= 15 is 0 Å². The lowest BCUT2D eigenvalue weighted by Crippen LogP contribution is -2.48. The van der Waals surface area contributed by atoms with Crippen molar-refractivity contribution in [3.05, 3.63) is 39.9 Å². The Morgan fingerprint density at radius 2 is 1.83 bits per heavy atom. The van der Waals surface area contributed by atoms with Crippen LogP contribution in [0.25, 0.3) is 0 Å². The molecule has 0 aromatic heterocycles. The van der Waals surface area contributed by atoms with Gasteiger partial charge in [-0.2, -0.15) is 8.42 Å². The maximum atomic E-state index is 13.4. The molecular weight excluding hydrogens is 496 g/mol. The molecular formula is C23H28N2O10S. The number of nitro benzene ring substituents is 1. The van der Waals surface area contributed by atoms with E-state index in [1.807, 2.05) is 4.90 Å². The average Bonchev–Trinajstić information content (AvgIpc) is 3.42. The Labute approximate surface area is 208 Å². The van der Waals surface area contributed by atoms with Gasteiger partial charge in [-0.15, -0.1) is 0 Å². The standard InChI is InChI=1S/C23H28N2O10S/c1-23(2,13-3-5-14(6-4-13)25(28)29)34-22(27)18-15-11-16-20(35-36(30,31)21(16)18)19(15)33-17(26)12-24-7-9-32-10-8-24/h3-6,15-16,18-21H,7-12H2,1-2H3. The number of esters is 2. The predicted octanol–water partition coefficient (Wildman–Crippen LogP) is 0.980. The van der Waals surface area contributed by atoms with Crippen LogP contribution in [-0.4, -0.2) is 80.5 Å². The van der Waals surface area contributed by atoms with Gasteiger partial charge in [-0.25, -0.2) is 0 Å². The van der Waals surface area contributed by atoms with Crippen molar-refractivity contribution in [3.8, 4) is 0 Å². The molecule has 1 aromatic rings. The number of carbonyl (C=O) groups is 2. The Hall–Kier alpha value is -2.61. The Balaban J connectivity index is 1.32. The van der Waals surface area contributed by atoms with Crippen LogP contribution in [0, 0.1) is 27.9 Å². The van der Waals surface area contributed by atoms with Crippen molar-refractivity contribution >= 4 is 27.7 Å². The Morgan fingerprint density at radius 1 is 1.17 bits per heavy atom. The number of rotatable bonds is 7. The molecule has 2 heterocycles. The summed E-state index contributed by atoms with van der Waals surface area (Å²) in [4.78, 5) is 38.4. The van der Waals surface area contributed by atoms with E-state index in [4.69, 9.17) is 18.4 Å². The molecule has 6 atom stereocenters. The Bertz CT molecular complexity index is 1160. The van der Waals surface area contributed by atoms with E-state index < -0.39 is 67.8 Å². The van der Waals surface area contributed by atoms with Gasteiger partial charge in [0.05, 0.1) is 30.6 Å². The van der Waals surface area contributed by atoms with Crippen molar-refractivity contribution in [2.45, 2.75) is 43.3 Å². The fourth-order valence-electron chi connectivity index (χ4n) is 5.95. The van der Waals surface area contributed by atoms with Gasteiger partial charge in [0.2, 0.25) is 0 Å². The molecule has 2 bridgehead atoms. The normalized spacial score (nSPS) is 32.8. The van der Waals surface area contributed by atoms with Crippen LogP contribution in [0.5, 0.6) is 0 Å². The van der Waals surface area contributed by atoms with Gasteiger partial charge >= 0.3 is 11.9 Å². The highest BCUT2D eigenvalue weighted by atomic mass is 32.2. The number of hydrogen-bond acceptors (Lipinski definition) is 11. The van der Waals surface area contributed by atoms with Crippen LogP contribution in [-0.2, 0) is 43.7 Å². The van der Waals surface area contributed by atoms with Crippen molar-refractivity contribution in [2.24, 2.45) is 17.8 Å². The molecule has 0 spiro atoms. The maximum absolute atomic E-state index is 13.4. The number of hydrogen-bond donors (Lipinski definition) is 0. The highest BCUT2D eigenvalue weighted by Gasteiger charge is 2.72. The Morgan fingerprint density at radius 3 is 2.47 bits per heavy atom. The summed E-state index contributed by atoms with van der Waals surface area (Å²) in [6, 6.07) is 5.61. The van der Waals surface area contributed by atoms with Crippen LogP contribution in [0.3, 0.4) is 0 Å². The minimum Gasteiger partial charge on any atom is -0.458 e. The van der Waals surface area contributed by atoms with Gasteiger partial charge in [0, 0.05) is 37.1 Å². The average molecular weight is 525 g/mol. The van der Waals surface area contributed by atoms with E-state index in [0.29, 0.717) is 38.3 Å². The number of fused-ring (bicyclic) bond motifs is 1. The molecule has 4 fully saturated rings. The number of benzene rings is 1. The van der Waals surface area contributed by atoms with E-state index in [1.54, 1.807) is 13.8 Å². The molecule has 13 heteroatoms. The van der Waals surface area contributed by atoms with Crippen LogP contribution in [0.15, 0.2) is 24.3 Å². The third kappa shape index (κ3) is 4.38. The number of morpholine rings is 1. The highest BCUT2D eigenvalue weighted by Crippen LogP contribution is 2.59. The molecule has 2 aliphatic carbocycles. The SMILES string of the molecule is CC(C)(OC(=O)C1C2CC3C(OS(=O)(=O)C31)C2OC(=O)CN1CCOCC1)c1ccc([N+](=O)[O-])cc1. The second-order valence-electron chi connectivity index (χ2n) is 10.2. The van der Waals surface area contributed by atoms with Crippen LogP contribution in [0.4, 0.5) is 5.69 Å². The third-order valence-corrected chi connectivity index (χ3v) is 9.45. The fraction of sp³-hybridized carbons (Fsp3) is 0.652. The molecule has 4 aliphatic rings. The second kappa shape index (κ2) is 9.05. The van der Waals surface area contributed by atoms with Gasteiger partial charge in [0.25, 0.3) is 15.8 Å². The molecule has 2 saturated heterocycles. The summed E-state index contributed by atoms with van der Waals surface area (Å²) in [6.07, 6.45) is -1.29. The first-order valence-corrected chi connectivity index (χ1v) is 13.3. The minimum atomic E-state index is -4.05. The first-order chi connectivity index (χ1) is 17.0.